The van der Waals surface area contributed by atoms with Gasteiger partial charge in [-0.1, -0.05) is 23.5 Å². The van der Waals surface area contributed by atoms with Gasteiger partial charge in [-0.15, -0.1) is 11.8 Å². The molecule has 2 aromatic rings. The Labute approximate surface area is 123 Å². The van der Waals surface area contributed by atoms with Gasteiger partial charge >= 0.3 is 4.87 Å². The summed E-state index contributed by atoms with van der Waals surface area (Å²) in [7, 11) is 0. The van der Waals surface area contributed by atoms with E-state index < -0.39 is 0 Å². The van der Waals surface area contributed by atoms with E-state index in [9.17, 15) is 14.0 Å². The molecule has 0 unspecified atom stereocenters. The summed E-state index contributed by atoms with van der Waals surface area (Å²) in [6.45, 7) is 0.307. The van der Waals surface area contributed by atoms with Gasteiger partial charge in [0, 0.05) is 28.1 Å². The van der Waals surface area contributed by atoms with Crippen molar-refractivity contribution in [2.75, 3.05) is 5.75 Å². The molecule has 1 aromatic carbocycles. The van der Waals surface area contributed by atoms with Crippen molar-refractivity contribution in [3.63, 3.8) is 0 Å². The van der Waals surface area contributed by atoms with E-state index in [2.05, 4.69) is 10.3 Å². The lowest BCUT2D eigenvalue weighted by Crippen LogP contribution is -2.23. The summed E-state index contributed by atoms with van der Waals surface area (Å²) >= 11 is 2.37. The molecule has 1 heterocycles. The lowest BCUT2D eigenvalue weighted by Gasteiger charge is -2.04. The molecule has 0 aliphatic carbocycles. The molecule has 1 aromatic heterocycles. The van der Waals surface area contributed by atoms with Crippen LogP contribution in [0, 0.1) is 5.82 Å². The molecule has 20 heavy (non-hydrogen) atoms. The maximum atomic E-state index is 13.3. The molecule has 0 saturated heterocycles. The average Bonchev–Trinajstić information content (AvgIpc) is 2.84. The Morgan fingerprint density at radius 3 is 2.90 bits per heavy atom. The van der Waals surface area contributed by atoms with Crippen LogP contribution >= 0.6 is 23.1 Å². The highest BCUT2D eigenvalue weighted by Gasteiger charge is 2.05. The summed E-state index contributed by atoms with van der Waals surface area (Å²) in [5.41, 5.74) is 0.690. The molecule has 0 fully saturated rings. The minimum Gasteiger partial charge on any atom is -0.350 e. The van der Waals surface area contributed by atoms with Crippen LogP contribution in [0.15, 0.2) is 39.3 Å². The van der Waals surface area contributed by atoms with Crippen LogP contribution in [0.1, 0.15) is 12.1 Å². The van der Waals surface area contributed by atoms with E-state index in [4.69, 9.17) is 0 Å². The van der Waals surface area contributed by atoms with Gasteiger partial charge in [-0.2, -0.15) is 0 Å². The van der Waals surface area contributed by atoms with Crippen molar-refractivity contribution in [3.05, 3.63) is 50.8 Å². The van der Waals surface area contributed by atoms with E-state index >= 15 is 0 Å². The quantitative estimate of drug-likeness (QED) is 0.805. The van der Waals surface area contributed by atoms with Crippen molar-refractivity contribution in [2.45, 2.75) is 17.9 Å². The third-order valence-corrected chi connectivity index (χ3v) is 4.24. The molecular formula is C13H13FN2O2S2. The summed E-state index contributed by atoms with van der Waals surface area (Å²) in [5, 5.41) is 4.38. The number of aromatic amines is 1. The molecule has 4 nitrogen and oxygen atoms in total. The van der Waals surface area contributed by atoms with Crippen molar-refractivity contribution >= 4 is 29.0 Å². The minimum absolute atomic E-state index is 0.124. The van der Waals surface area contributed by atoms with Gasteiger partial charge in [0.15, 0.2) is 0 Å². The maximum absolute atomic E-state index is 13.3. The highest BCUT2D eigenvalue weighted by atomic mass is 32.2. The van der Waals surface area contributed by atoms with Crippen molar-refractivity contribution in [1.29, 1.82) is 0 Å². The maximum Gasteiger partial charge on any atom is 0.304 e. The number of aromatic nitrogens is 1. The van der Waals surface area contributed by atoms with Crippen LogP contribution in [0.3, 0.4) is 0 Å². The molecule has 106 valence electrons. The number of hydrogen-bond acceptors (Lipinski definition) is 4. The van der Waals surface area contributed by atoms with E-state index in [1.165, 1.54) is 17.8 Å². The van der Waals surface area contributed by atoms with Gasteiger partial charge in [0.2, 0.25) is 5.91 Å². The first-order valence-corrected chi connectivity index (χ1v) is 7.82. The first-order chi connectivity index (χ1) is 9.65. The van der Waals surface area contributed by atoms with E-state index in [0.717, 1.165) is 11.3 Å². The standard InChI is InChI=1S/C13H13FN2O2S2/c14-10-3-1-2-4-11(10)19-6-5-12(17)15-7-9-8-20-13(18)16-9/h1-4,8H,5-7H2,(H,15,17)(H,16,18). The van der Waals surface area contributed by atoms with E-state index in [0.29, 0.717) is 29.3 Å². The fourth-order valence-corrected chi connectivity index (χ4v) is 2.97. The Hall–Kier alpha value is -1.60. The summed E-state index contributed by atoms with van der Waals surface area (Å²) in [5.74, 6) is 0.113. The number of halogens is 1. The van der Waals surface area contributed by atoms with E-state index in [1.54, 1.807) is 23.6 Å². The fourth-order valence-electron chi connectivity index (χ4n) is 1.50. The molecule has 2 rings (SSSR count). The van der Waals surface area contributed by atoms with Crippen LogP contribution < -0.4 is 10.2 Å². The summed E-state index contributed by atoms with van der Waals surface area (Å²) in [6.07, 6.45) is 0.299. The molecule has 7 heteroatoms. The fraction of sp³-hybridized carbons (Fsp3) is 0.231. The van der Waals surface area contributed by atoms with Crippen molar-refractivity contribution in [2.24, 2.45) is 0 Å². The van der Waals surface area contributed by atoms with E-state index in [1.807, 2.05) is 0 Å². The molecule has 1 amide bonds. The van der Waals surface area contributed by atoms with Crippen molar-refractivity contribution in [3.8, 4) is 0 Å². The van der Waals surface area contributed by atoms with Gasteiger partial charge in [-0.3, -0.25) is 9.59 Å². The van der Waals surface area contributed by atoms with Crippen molar-refractivity contribution in [1.82, 2.24) is 10.3 Å². The molecule has 0 bridgehead atoms. The molecule has 0 aliphatic heterocycles. The first-order valence-electron chi connectivity index (χ1n) is 5.96. The Kier molecular flexibility index (Phi) is 5.37. The summed E-state index contributed by atoms with van der Waals surface area (Å²) in [4.78, 5) is 25.5. The third-order valence-electron chi connectivity index (χ3n) is 2.47. The molecule has 2 N–H and O–H groups in total. The van der Waals surface area contributed by atoms with Gasteiger partial charge < -0.3 is 10.3 Å². The topological polar surface area (TPSA) is 62.0 Å². The number of nitrogens with one attached hydrogen (secondary N) is 2. The second-order valence-corrected chi connectivity index (χ2v) is 5.96. The molecule has 0 spiro atoms. The zero-order chi connectivity index (χ0) is 14.4. The van der Waals surface area contributed by atoms with Crippen LogP contribution in [-0.4, -0.2) is 16.6 Å². The third kappa shape index (κ3) is 4.50. The molecular weight excluding hydrogens is 299 g/mol. The Morgan fingerprint density at radius 2 is 2.20 bits per heavy atom. The van der Waals surface area contributed by atoms with Crippen molar-refractivity contribution < 1.29 is 9.18 Å². The number of H-pyrrole nitrogens is 1. The number of carbonyl (C=O) groups excluding carboxylic acids is 1. The average molecular weight is 312 g/mol. The number of thiazole rings is 1. The summed E-state index contributed by atoms with van der Waals surface area (Å²) in [6, 6.07) is 6.48. The lowest BCUT2D eigenvalue weighted by molar-refractivity contribution is -0.120. The predicted molar refractivity (Wildman–Crippen MR) is 78.5 cm³/mol. The molecule has 0 radical (unpaired) electrons. The number of thioether (sulfide) groups is 1. The minimum atomic E-state index is -0.270. The second kappa shape index (κ2) is 7.25. The smallest absolute Gasteiger partial charge is 0.304 e. The zero-order valence-electron chi connectivity index (χ0n) is 10.5. The number of benzene rings is 1. The Bertz CT molecular complexity index is 639. The van der Waals surface area contributed by atoms with Crippen LogP contribution in [0.4, 0.5) is 4.39 Å². The Balaban J connectivity index is 1.70. The normalized spacial score (nSPS) is 10.4. The SMILES string of the molecule is O=C(CCSc1ccccc1F)NCc1csc(=O)[nH]1. The summed E-state index contributed by atoms with van der Waals surface area (Å²) < 4.78 is 13.3. The van der Waals surface area contributed by atoms with Crippen LogP contribution in [0.25, 0.3) is 0 Å². The van der Waals surface area contributed by atoms with Crippen LogP contribution in [0.5, 0.6) is 0 Å². The zero-order valence-corrected chi connectivity index (χ0v) is 12.2. The number of hydrogen-bond donors (Lipinski definition) is 2. The number of rotatable bonds is 6. The highest BCUT2D eigenvalue weighted by molar-refractivity contribution is 7.99. The molecule has 0 saturated carbocycles. The monoisotopic (exact) mass is 312 g/mol. The number of carbonyl (C=O) groups is 1. The number of amides is 1. The van der Waals surface area contributed by atoms with Crippen LogP contribution in [0.2, 0.25) is 0 Å². The van der Waals surface area contributed by atoms with Gasteiger partial charge in [0.1, 0.15) is 5.82 Å². The van der Waals surface area contributed by atoms with Crippen LogP contribution in [-0.2, 0) is 11.3 Å². The second-order valence-electron chi connectivity index (χ2n) is 3.98. The van der Waals surface area contributed by atoms with Gasteiger partial charge in [0.25, 0.3) is 0 Å². The highest BCUT2D eigenvalue weighted by Crippen LogP contribution is 2.21. The lowest BCUT2D eigenvalue weighted by atomic mass is 10.3. The van der Waals surface area contributed by atoms with Gasteiger partial charge in [0.05, 0.1) is 6.54 Å². The van der Waals surface area contributed by atoms with E-state index in [-0.39, 0.29) is 16.6 Å². The predicted octanol–water partition coefficient (Wildman–Crippen LogP) is 2.37. The largest absolute Gasteiger partial charge is 0.350 e. The van der Waals surface area contributed by atoms with Gasteiger partial charge in [-0.25, -0.2) is 4.39 Å². The van der Waals surface area contributed by atoms with Gasteiger partial charge in [-0.05, 0) is 12.1 Å². The Morgan fingerprint density at radius 1 is 1.40 bits per heavy atom. The first kappa shape index (κ1) is 14.8. The molecule has 0 atom stereocenters. The molecule has 0 aliphatic rings.